The lowest BCUT2D eigenvalue weighted by molar-refractivity contribution is 0.0697. The minimum absolute atomic E-state index is 0.0531. The summed E-state index contributed by atoms with van der Waals surface area (Å²) in [6.45, 7) is 0. The normalized spacial score (nSPS) is 11.8. The van der Waals surface area contributed by atoms with Crippen molar-refractivity contribution in [3.8, 4) is 34.1 Å². The van der Waals surface area contributed by atoms with Crippen LogP contribution in [0.1, 0.15) is 21.5 Å². The van der Waals surface area contributed by atoms with Gasteiger partial charge in [-0.25, -0.2) is 4.79 Å². The molecule has 0 aliphatic rings. The number of carboxylic acids is 1. The van der Waals surface area contributed by atoms with Gasteiger partial charge in [0.25, 0.3) is 0 Å². The standard InChI is InChI=1S/C26H28N2O7S/c1-32-17-12-23(34-3)18(24(13-17)35-4)7-8-36(31)14-15-5-6-22(33-2)19(9-15)25-20(26(29)30)10-16(27)11-21(25)28/h5-13H,14,27-28H2,1-4H3,(H,29,30)/b8-7+. The molecule has 0 heterocycles. The maximum atomic E-state index is 12.9. The largest absolute Gasteiger partial charge is 0.496 e. The van der Waals surface area contributed by atoms with Gasteiger partial charge >= 0.3 is 5.97 Å². The first-order valence-corrected chi connectivity index (χ1v) is 12.1. The number of nitrogens with two attached hydrogens (primary N) is 2. The van der Waals surface area contributed by atoms with Crippen molar-refractivity contribution in [3.05, 3.63) is 64.6 Å². The van der Waals surface area contributed by atoms with E-state index in [0.29, 0.717) is 39.7 Å². The van der Waals surface area contributed by atoms with Crippen LogP contribution in [0.3, 0.4) is 0 Å². The SMILES string of the molecule is COc1cc(OC)c(/C=C/S(=O)Cc2ccc(OC)c(-c3c(N)cc(N)cc3C(=O)O)c2)c(OC)c1. The fraction of sp³-hybridized carbons (Fsp3) is 0.192. The molecule has 3 aromatic carbocycles. The zero-order valence-corrected chi connectivity index (χ0v) is 21.2. The van der Waals surface area contributed by atoms with Gasteiger partial charge in [-0.1, -0.05) is 6.07 Å². The Kier molecular flexibility index (Phi) is 8.44. The van der Waals surface area contributed by atoms with Crippen molar-refractivity contribution in [3.63, 3.8) is 0 Å². The molecule has 9 nitrogen and oxygen atoms in total. The van der Waals surface area contributed by atoms with E-state index in [9.17, 15) is 14.1 Å². The van der Waals surface area contributed by atoms with Crippen molar-refractivity contribution in [2.45, 2.75) is 5.75 Å². The molecule has 0 saturated heterocycles. The first kappa shape index (κ1) is 26.4. The fourth-order valence-electron chi connectivity index (χ4n) is 3.75. The Hall–Kier alpha value is -4.18. The number of hydrogen-bond donors (Lipinski definition) is 3. The van der Waals surface area contributed by atoms with Crippen molar-refractivity contribution in [2.75, 3.05) is 39.9 Å². The molecule has 3 aromatic rings. The van der Waals surface area contributed by atoms with Crippen molar-refractivity contribution in [1.82, 2.24) is 0 Å². The second-order valence-electron chi connectivity index (χ2n) is 7.65. The van der Waals surface area contributed by atoms with Gasteiger partial charge in [0.1, 0.15) is 23.0 Å². The molecule has 3 rings (SSSR count). The molecule has 0 fully saturated rings. The Morgan fingerprint density at radius 2 is 1.56 bits per heavy atom. The molecule has 1 unspecified atom stereocenters. The molecular weight excluding hydrogens is 484 g/mol. The topological polar surface area (TPSA) is 143 Å². The summed E-state index contributed by atoms with van der Waals surface area (Å²) in [4.78, 5) is 11.9. The highest BCUT2D eigenvalue weighted by Gasteiger charge is 2.20. The molecule has 0 amide bonds. The Balaban J connectivity index is 1.96. The molecule has 36 heavy (non-hydrogen) atoms. The van der Waals surface area contributed by atoms with Crippen molar-refractivity contribution < 1.29 is 33.1 Å². The highest BCUT2D eigenvalue weighted by Crippen LogP contribution is 2.39. The lowest BCUT2D eigenvalue weighted by Gasteiger charge is -2.16. The Labute approximate surface area is 211 Å². The predicted molar refractivity (Wildman–Crippen MR) is 141 cm³/mol. The van der Waals surface area contributed by atoms with E-state index >= 15 is 0 Å². The number of benzene rings is 3. The number of nitrogen functional groups attached to an aromatic ring is 2. The van der Waals surface area contributed by atoms with E-state index in [-0.39, 0.29) is 28.3 Å². The van der Waals surface area contributed by atoms with E-state index in [1.54, 1.807) is 43.5 Å². The second-order valence-corrected chi connectivity index (χ2v) is 8.97. The second kappa shape index (κ2) is 11.5. The summed E-state index contributed by atoms with van der Waals surface area (Å²) in [6.07, 6.45) is 1.66. The average Bonchev–Trinajstić information content (AvgIpc) is 2.86. The molecule has 190 valence electrons. The first-order valence-electron chi connectivity index (χ1n) is 10.7. The number of methoxy groups -OCH3 is 4. The van der Waals surface area contributed by atoms with Crippen LogP contribution in [-0.2, 0) is 16.6 Å². The third-order valence-electron chi connectivity index (χ3n) is 5.40. The number of anilines is 2. The Morgan fingerprint density at radius 1 is 0.917 bits per heavy atom. The van der Waals surface area contributed by atoms with Crippen molar-refractivity contribution >= 4 is 34.2 Å². The van der Waals surface area contributed by atoms with Crippen LogP contribution in [0.4, 0.5) is 11.4 Å². The Morgan fingerprint density at radius 3 is 2.11 bits per heavy atom. The summed E-state index contributed by atoms with van der Waals surface area (Å²) >= 11 is 0. The zero-order valence-electron chi connectivity index (χ0n) is 20.4. The predicted octanol–water partition coefficient (Wildman–Crippen LogP) is 4.17. The third kappa shape index (κ3) is 5.72. The summed E-state index contributed by atoms with van der Waals surface area (Å²) in [5.41, 5.74) is 14.4. The molecule has 0 aliphatic heterocycles. The zero-order chi connectivity index (χ0) is 26.4. The van der Waals surface area contributed by atoms with E-state index in [1.807, 2.05) is 0 Å². The van der Waals surface area contributed by atoms with Crippen LogP contribution in [0.25, 0.3) is 17.2 Å². The van der Waals surface area contributed by atoms with Gasteiger partial charge in [0.05, 0.1) is 56.1 Å². The van der Waals surface area contributed by atoms with Gasteiger partial charge in [-0.2, -0.15) is 0 Å². The van der Waals surface area contributed by atoms with Crippen LogP contribution < -0.4 is 30.4 Å². The lowest BCUT2D eigenvalue weighted by atomic mass is 9.95. The van der Waals surface area contributed by atoms with Gasteiger partial charge in [0.2, 0.25) is 0 Å². The minimum Gasteiger partial charge on any atom is -0.496 e. The number of ether oxygens (including phenoxy) is 4. The molecule has 0 radical (unpaired) electrons. The molecule has 1 atom stereocenters. The highest BCUT2D eigenvalue weighted by molar-refractivity contribution is 7.87. The van der Waals surface area contributed by atoms with E-state index in [2.05, 4.69) is 0 Å². The first-order chi connectivity index (χ1) is 17.2. The average molecular weight is 513 g/mol. The molecule has 0 aromatic heterocycles. The summed E-state index contributed by atoms with van der Waals surface area (Å²) < 4.78 is 34.5. The smallest absolute Gasteiger partial charge is 0.336 e. The van der Waals surface area contributed by atoms with E-state index in [1.165, 1.54) is 38.9 Å². The molecule has 5 N–H and O–H groups in total. The number of aromatic carboxylic acids is 1. The van der Waals surface area contributed by atoms with Gasteiger partial charge < -0.3 is 35.5 Å². The third-order valence-corrected chi connectivity index (χ3v) is 6.46. The molecule has 0 aliphatic carbocycles. The maximum absolute atomic E-state index is 12.9. The van der Waals surface area contributed by atoms with Gasteiger partial charge in [-0.3, -0.25) is 4.21 Å². The molecule has 0 spiro atoms. The van der Waals surface area contributed by atoms with E-state index in [4.69, 9.17) is 30.4 Å². The summed E-state index contributed by atoms with van der Waals surface area (Å²) in [7, 11) is 4.64. The van der Waals surface area contributed by atoms with Crippen LogP contribution in [-0.4, -0.2) is 43.7 Å². The van der Waals surface area contributed by atoms with E-state index < -0.39 is 16.8 Å². The van der Waals surface area contributed by atoms with Crippen LogP contribution in [0.2, 0.25) is 0 Å². The van der Waals surface area contributed by atoms with Gasteiger partial charge in [-0.05, 0) is 35.9 Å². The summed E-state index contributed by atoms with van der Waals surface area (Å²) in [5.74, 6) is 0.982. The minimum atomic E-state index is -1.43. The highest BCUT2D eigenvalue weighted by atomic mass is 32.2. The van der Waals surface area contributed by atoms with Crippen LogP contribution in [0.5, 0.6) is 23.0 Å². The molecule has 0 bridgehead atoms. The van der Waals surface area contributed by atoms with Crippen molar-refractivity contribution in [1.29, 1.82) is 0 Å². The summed E-state index contributed by atoms with van der Waals surface area (Å²) in [5, 5.41) is 11.3. The van der Waals surface area contributed by atoms with Gasteiger partial charge in [0, 0.05) is 40.0 Å². The number of rotatable bonds is 10. The number of carbonyl (C=O) groups is 1. The maximum Gasteiger partial charge on any atom is 0.336 e. The quantitative estimate of drug-likeness (QED) is 0.341. The Bertz CT molecular complexity index is 1310. The number of hydrogen-bond acceptors (Lipinski definition) is 8. The lowest BCUT2D eigenvalue weighted by Crippen LogP contribution is -2.06. The van der Waals surface area contributed by atoms with Gasteiger partial charge in [0.15, 0.2) is 0 Å². The summed E-state index contributed by atoms with van der Waals surface area (Å²) in [6, 6.07) is 11.4. The van der Waals surface area contributed by atoms with Crippen LogP contribution in [0, 0.1) is 0 Å². The number of carboxylic acid groups (broad SMARTS) is 1. The van der Waals surface area contributed by atoms with Crippen LogP contribution >= 0.6 is 0 Å². The molecular formula is C26H28N2O7S. The van der Waals surface area contributed by atoms with E-state index in [0.717, 1.165) is 0 Å². The molecule has 10 heteroatoms. The van der Waals surface area contributed by atoms with Crippen molar-refractivity contribution in [2.24, 2.45) is 0 Å². The van der Waals surface area contributed by atoms with Gasteiger partial charge in [-0.15, -0.1) is 0 Å². The monoisotopic (exact) mass is 512 g/mol. The molecule has 0 saturated carbocycles. The van der Waals surface area contributed by atoms with Crippen LogP contribution in [0.15, 0.2) is 47.9 Å². The fourth-order valence-corrected chi connectivity index (χ4v) is 4.64.